The zero-order chi connectivity index (χ0) is 29.9. The maximum atomic E-state index is 13.5. The van der Waals surface area contributed by atoms with Gasteiger partial charge in [-0.2, -0.15) is 0 Å². The number of nitrogens with zero attached hydrogens (tertiary/aromatic N) is 2. The number of hydrogen-bond donors (Lipinski definition) is 2. The van der Waals surface area contributed by atoms with Crippen LogP contribution in [0.4, 0.5) is 4.79 Å². The average Bonchev–Trinajstić information content (AvgIpc) is 3.86. The number of amides is 1. The Balaban J connectivity index is 1.08. The van der Waals surface area contributed by atoms with E-state index in [4.69, 9.17) is 9.73 Å². The number of H-pyrrole nitrogens is 1. The molecular weight excluding hydrogens is 536 g/mol. The van der Waals surface area contributed by atoms with E-state index in [1.54, 1.807) is 0 Å². The first-order valence-corrected chi connectivity index (χ1v) is 15.8. The van der Waals surface area contributed by atoms with Crippen molar-refractivity contribution in [2.45, 2.75) is 77.2 Å². The minimum atomic E-state index is -0.561. The number of aliphatic imine (C=N–C) groups is 1. The Labute approximate surface area is 254 Å². The Morgan fingerprint density at radius 1 is 0.884 bits per heavy atom. The van der Waals surface area contributed by atoms with E-state index in [1.165, 1.54) is 49.5 Å². The van der Waals surface area contributed by atoms with Gasteiger partial charge in [-0.15, -0.1) is 0 Å². The van der Waals surface area contributed by atoms with E-state index in [0.29, 0.717) is 5.92 Å². The number of aromatic amines is 1. The number of benzene rings is 2. The van der Waals surface area contributed by atoms with Gasteiger partial charge in [0.05, 0.1) is 25.0 Å². The first-order valence-electron chi connectivity index (χ1n) is 15.8. The minimum absolute atomic E-state index is 0.0123. The maximum absolute atomic E-state index is 13.5. The minimum Gasteiger partial charge on any atom is -0.453 e. The second-order valence-corrected chi connectivity index (χ2v) is 12.7. The van der Waals surface area contributed by atoms with Gasteiger partial charge in [-0.3, -0.25) is 9.79 Å². The molecule has 1 amide bonds. The fourth-order valence-corrected chi connectivity index (χ4v) is 7.14. The van der Waals surface area contributed by atoms with E-state index in [1.807, 2.05) is 26.2 Å². The van der Waals surface area contributed by atoms with Crippen LogP contribution in [-0.2, 0) is 9.53 Å². The number of ketones is 1. The summed E-state index contributed by atoms with van der Waals surface area (Å²) in [6.45, 7) is 3.91. The SMILES string of the molecule is COC(=O)N[C@H](C(=O)C1CCC[C@H]1C1=NC=C(c2ccc(-c3ccc(-c4cnc(C5CCCC5)[nH]4)cc3)cc2)C1)C(C)C. The zero-order valence-corrected chi connectivity index (χ0v) is 25.4. The summed E-state index contributed by atoms with van der Waals surface area (Å²) in [4.78, 5) is 38.5. The molecule has 1 unspecified atom stereocenters. The van der Waals surface area contributed by atoms with Crippen LogP contribution >= 0.6 is 0 Å². The van der Waals surface area contributed by atoms with Crippen LogP contribution in [0.1, 0.15) is 82.5 Å². The number of allylic oxidation sites excluding steroid dienone is 1. The van der Waals surface area contributed by atoms with Gasteiger partial charge >= 0.3 is 6.09 Å². The summed E-state index contributed by atoms with van der Waals surface area (Å²) in [6, 6.07) is 16.8. The third-order valence-corrected chi connectivity index (χ3v) is 9.62. The summed E-state index contributed by atoms with van der Waals surface area (Å²) in [7, 11) is 1.33. The lowest BCUT2D eigenvalue weighted by molar-refractivity contribution is -0.126. The van der Waals surface area contributed by atoms with Crippen LogP contribution in [0.5, 0.6) is 0 Å². The van der Waals surface area contributed by atoms with Crippen LogP contribution in [0.25, 0.3) is 28.0 Å². The number of aromatic nitrogens is 2. The number of alkyl carbamates (subject to hydrolysis) is 1. The summed E-state index contributed by atoms with van der Waals surface area (Å²) in [5, 5.41) is 2.76. The fourth-order valence-electron chi connectivity index (χ4n) is 7.14. The van der Waals surface area contributed by atoms with Crippen molar-refractivity contribution in [1.82, 2.24) is 15.3 Å². The Hall–Kier alpha value is -4.00. The Kier molecular flexibility index (Phi) is 8.59. The van der Waals surface area contributed by atoms with Gasteiger partial charge in [-0.05, 0) is 59.4 Å². The van der Waals surface area contributed by atoms with Crippen molar-refractivity contribution in [1.29, 1.82) is 0 Å². The quantitative estimate of drug-likeness (QED) is 0.269. The normalized spacial score (nSPS) is 21.1. The molecular formula is C36H42N4O3. The summed E-state index contributed by atoms with van der Waals surface area (Å²) in [5.41, 5.74) is 8.01. The molecule has 3 aromatic rings. The predicted octanol–water partition coefficient (Wildman–Crippen LogP) is 7.95. The standard InChI is InChI=1S/C36H42N4O3/c1-22(2)33(40-36(42)43-3)34(41)30-10-6-9-29(30)31-19-28(20-37-31)25-13-11-23(12-14-25)24-15-17-26(18-16-24)32-21-38-35(39-32)27-7-4-5-8-27/h11-18,20-22,27,29-30,33H,4-10,19H2,1-3H3,(H,38,39)(H,40,42)/t29-,30?,33+/m1/s1. The highest BCUT2D eigenvalue weighted by atomic mass is 16.5. The highest BCUT2D eigenvalue weighted by molar-refractivity contribution is 6.03. The van der Waals surface area contributed by atoms with Gasteiger partial charge in [-0.25, -0.2) is 9.78 Å². The van der Waals surface area contributed by atoms with Gasteiger partial charge in [0.25, 0.3) is 0 Å². The third-order valence-electron chi connectivity index (χ3n) is 9.62. The molecule has 3 aliphatic rings. The van der Waals surface area contributed by atoms with Crippen LogP contribution in [0.3, 0.4) is 0 Å². The number of methoxy groups -OCH3 is 1. The summed E-state index contributed by atoms with van der Waals surface area (Å²) >= 11 is 0. The molecule has 43 heavy (non-hydrogen) atoms. The zero-order valence-electron chi connectivity index (χ0n) is 25.4. The van der Waals surface area contributed by atoms with Crippen molar-refractivity contribution in [2.75, 3.05) is 7.11 Å². The van der Waals surface area contributed by atoms with E-state index < -0.39 is 12.1 Å². The summed E-state index contributed by atoms with van der Waals surface area (Å²) < 4.78 is 4.77. The van der Waals surface area contributed by atoms with E-state index in [0.717, 1.165) is 54.0 Å². The molecule has 0 spiro atoms. The van der Waals surface area contributed by atoms with Crippen LogP contribution in [0.15, 0.2) is 65.9 Å². The molecule has 2 heterocycles. The number of imidazole rings is 1. The maximum Gasteiger partial charge on any atom is 0.407 e. The molecule has 3 atom stereocenters. The number of rotatable bonds is 9. The van der Waals surface area contributed by atoms with Crippen LogP contribution in [0, 0.1) is 17.8 Å². The molecule has 224 valence electrons. The van der Waals surface area contributed by atoms with Crippen molar-refractivity contribution in [3.8, 4) is 22.4 Å². The molecule has 2 fully saturated rings. The molecule has 0 bridgehead atoms. The molecule has 2 saturated carbocycles. The smallest absolute Gasteiger partial charge is 0.407 e. The number of carbonyl (C=O) groups is 2. The van der Waals surface area contributed by atoms with Crippen LogP contribution in [-0.4, -0.2) is 40.7 Å². The van der Waals surface area contributed by atoms with E-state index >= 15 is 0 Å². The molecule has 0 saturated heterocycles. The van der Waals surface area contributed by atoms with Gasteiger partial charge in [-0.1, -0.05) is 81.6 Å². The van der Waals surface area contributed by atoms with Gasteiger partial charge in [0.15, 0.2) is 5.78 Å². The second-order valence-electron chi connectivity index (χ2n) is 12.7. The van der Waals surface area contributed by atoms with Gasteiger partial charge < -0.3 is 15.0 Å². The highest BCUT2D eigenvalue weighted by Crippen LogP contribution is 2.40. The lowest BCUT2D eigenvalue weighted by Gasteiger charge is -2.27. The summed E-state index contributed by atoms with van der Waals surface area (Å²) in [6.07, 6.45) is 12.0. The number of nitrogens with one attached hydrogen (secondary N) is 2. The fraction of sp³-hybridized carbons (Fsp3) is 0.444. The number of hydrogen-bond acceptors (Lipinski definition) is 5. The van der Waals surface area contributed by atoms with Gasteiger partial charge in [0.1, 0.15) is 5.82 Å². The Bertz CT molecular complexity index is 1510. The highest BCUT2D eigenvalue weighted by Gasteiger charge is 2.41. The average molecular weight is 579 g/mol. The van der Waals surface area contributed by atoms with Crippen LogP contribution in [0.2, 0.25) is 0 Å². The third kappa shape index (κ3) is 6.22. The molecule has 6 rings (SSSR count). The van der Waals surface area contributed by atoms with Crippen molar-refractivity contribution in [2.24, 2.45) is 22.7 Å². The molecule has 1 aliphatic heterocycles. The lowest BCUT2D eigenvalue weighted by atomic mass is 9.81. The molecule has 7 nitrogen and oxygen atoms in total. The first-order chi connectivity index (χ1) is 20.9. The molecule has 1 aromatic heterocycles. The molecule has 2 aromatic carbocycles. The molecule has 2 N–H and O–H groups in total. The van der Waals surface area contributed by atoms with Crippen molar-refractivity contribution in [3.05, 3.63) is 72.3 Å². The van der Waals surface area contributed by atoms with Gasteiger partial charge in [0.2, 0.25) is 0 Å². The lowest BCUT2D eigenvalue weighted by Crippen LogP contribution is -2.48. The van der Waals surface area contributed by atoms with Crippen LogP contribution < -0.4 is 5.32 Å². The van der Waals surface area contributed by atoms with E-state index in [2.05, 4.69) is 63.8 Å². The topological polar surface area (TPSA) is 96.4 Å². The second kappa shape index (κ2) is 12.7. The van der Waals surface area contributed by atoms with E-state index in [9.17, 15) is 9.59 Å². The summed E-state index contributed by atoms with van der Waals surface area (Å²) in [5.74, 6) is 1.78. The predicted molar refractivity (Wildman–Crippen MR) is 171 cm³/mol. The largest absolute Gasteiger partial charge is 0.453 e. The van der Waals surface area contributed by atoms with Crippen molar-refractivity contribution >= 4 is 23.2 Å². The molecule has 2 aliphatic carbocycles. The Morgan fingerprint density at radius 2 is 1.53 bits per heavy atom. The first kappa shape index (κ1) is 29.1. The van der Waals surface area contributed by atoms with E-state index in [-0.39, 0.29) is 23.5 Å². The monoisotopic (exact) mass is 578 g/mol. The number of Topliss-reactive ketones (excluding diaryl/α,β-unsaturated/α-hetero) is 1. The number of ether oxygens (including phenoxy) is 1. The van der Waals surface area contributed by atoms with Crippen molar-refractivity contribution in [3.63, 3.8) is 0 Å². The molecule has 0 radical (unpaired) electrons. The van der Waals surface area contributed by atoms with Crippen molar-refractivity contribution < 1.29 is 14.3 Å². The van der Waals surface area contributed by atoms with Gasteiger partial charge in [0, 0.05) is 36.1 Å². The molecule has 7 heteroatoms. The number of carbonyl (C=O) groups excluding carboxylic acids is 2. The Morgan fingerprint density at radius 3 is 2.19 bits per heavy atom.